The van der Waals surface area contributed by atoms with Crippen LogP contribution in [0.3, 0.4) is 0 Å². The van der Waals surface area contributed by atoms with Gasteiger partial charge in [0, 0.05) is 41.3 Å². The number of anilines is 1. The Balaban J connectivity index is 1.29. The zero-order valence-electron chi connectivity index (χ0n) is 24.0. The molecule has 0 bridgehead atoms. The second kappa shape index (κ2) is 12.7. The van der Waals surface area contributed by atoms with Crippen molar-refractivity contribution < 1.29 is 28.1 Å². The Kier molecular flexibility index (Phi) is 8.76. The van der Waals surface area contributed by atoms with E-state index in [4.69, 9.17) is 9.47 Å². The second-order valence-corrected chi connectivity index (χ2v) is 13.0. The predicted octanol–water partition coefficient (Wildman–Crippen LogP) is 4.78. The molecule has 2 fully saturated rings. The summed E-state index contributed by atoms with van der Waals surface area (Å²) in [6.07, 6.45) is 2.33. The SMILES string of the molecule is C[C@H]1[C@@H](CN2CCC[C@H]2CO)OC(c2cccc(NS(=O)(=O)c3cccc4cccnc34)c2)O[C@H]1c1ccc(CO)cc1. The number of pyridine rings is 1. The van der Waals surface area contributed by atoms with E-state index in [1.165, 1.54) is 0 Å². The zero-order valence-corrected chi connectivity index (χ0v) is 24.9. The molecule has 1 aromatic heterocycles. The van der Waals surface area contributed by atoms with Crippen LogP contribution in [0, 0.1) is 5.92 Å². The molecule has 5 atom stereocenters. The van der Waals surface area contributed by atoms with Crippen LogP contribution in [-0.2, 0) is 26.1 Å². The largest absolute Gasteiger partial charge is 0.395 e. The summed E-state index contributed by atoms with van der Waals surface area (Å²) in [4.78, 5) is 6.70. The Hall–Kier alpha value is -3.38. The third-order valence-electron chi connectivity index (χ3n) is 8.54. The van der Waals surface area contributed by atoms with Gasteiger partial charge in [0.15, 0.2) is 6.29 Å². The molecule has 3 N–H and O–H groups in total. The monoisotopic (exact) mass is 603 g/mol. The van der Waals surface area contributed by atoms with Crippen molar-refractivity contribution in [2.75, 3.05) is 24.4 Å². The van der Waals surface area contributed by atoms with Gasteiger partial charge in [-0.2, -0.15) is 0 Å². The maximum absolute atomic E-state index is 13.5. The number of hydrogen-bond donors (Lipinski definition) is 3. The molecule has 6 rings (SSSR count). The minimum absolute atomic E-state index is 0.00304. The molecule has 3 heterocycles. The van der Waals surface area contributed by atoms with Gasteiger partial charge in [-0.15, -0.1) is 0 Å². The van der Waals surface area contributed by atoms with Crippen LogP contribution < -0.4 is 4.72 Å². The lowest BCUT2D eigenvalue weighted by Gasteiger charge is -2.43. The Morgan fingerprint density at radius 3 is 2.56 bits per heavy atom. The molecular weight excluding hydrogens is 566 g/mol. The molecule has 2 aliphatic heterocycles. The molecule has 1 unspecified atom stereocenters. The van der Waals surface area contributed by atoms with Crippen molar-refractivity contribution in [2.24, 2.45) is 5.92 Å². The van der Waals surface area contributed by atoms with Gasteiger partial charge in [0.05, 0.1) is 30.9 Å². The molecule has 0 aliphatic carbocycles. The van der Waals surface area contributed by atoms with Crippen molar-refractivity contribution in [1.29, 1.82) is 0 Å². The number of fused-ring (bicyclic) bond motifs is 1. The summed E-state index contributed by atoms with van der Waals surface area (Å²) >= 11 is 0. The van der Waals surface area contributed by atoms with Crippen LogP contribution in [0.25, 0.3) is 10.9 Å². The molecule has 0 spiro atoms. The lowest BCUT2D eigenvalue weighted by atomic mass is 9.90. The number of para-hydroxylation sites is 1. The van der Waals surface area contributed by atoms with Gasteiger partial charge < -0.3 is 19.7 Å². The highest BCUT2D eigenvalue weighted by molar-refractivity contribution is 7.93. The number of nitrogens with one attached hydrogen (secondary N) is 1. The van der Waals surface area contributed by atoms with Gasteiger partial charge in [0.1, 0.15) is 4.90 Å². The predicted molar refractivity (Wildman–Crippen MR) is 164 cm³/mol. The van der Waals surface area contributed by atoms with E-state index in [0.717, 1.165) is 35.9 Å². The summed E-state index contributed by atoms with van der Waals surface area (Å²) < 4.78 is 42.9. The summed E-state index contributed by atoms with van der Waals surface area (Å²) in [7, 11) is -3.94. The molecule has 9 nitrogen and oxygen atoms in total. The van der Waals surface area contributed by atoms with Crippen molar-refractivity contribution in [1.82, 2.24) is 9.88 Å². The Morgan fingerprint density at radius 2 is 1.77 bits per heavy atom. The Bertz CT molecular complexity index is 1660. The maximum Gasteiger partial charge on any atom is 0.264 e. The highest BCUT2D eigenvalue weighted by Crippen LogP contribution is 2.42. The number of aromatic nitrogens is 1. The van der Waals surface area contributed by atoms with Gasteiger partial charge in [-0.3, -0.25) is 14.6 Å². The highest BCUT2D eigenvalue weighted by Gasteiger charge is 2.40. The van der Waals surface area contributed by atoms with Crippen LogP contribution in [0.1, 0.15) is 48.8 Å². The molecule has 10 heteroatoms. The summed E-state index contributed by atoms with van der Waals surface area (Å²) in [6.45, 7) is 3.74. The van der Waals surface area contributed by atoms with Crippen LogP contribution in [0.4, 0.5) is 5.69 Å². The van der Waals surface area contributed by atoms with Gasteiger partial charge >= 0.3 is 0 Å². The maximum atomic E-state index is 13.5. The second-order valence-electron chi connectivity index (χ2n) is 11.4. The lowest BCUT2D eigenvalue weighted by molar-refractivity contribution is -0.276. The first-order valence-electron chi connectivity index (χ1n) is 14.7. The van der Waals surface area contributed by atoms with Gasteiger partial charge in [-0.1, -0.05) is 61.5 Å². The van der Waals surface area contributed by atoms with E-state index in [1.807, 2.05) is 42.5 Å². The Morgan fingerprint density at radius 1 is 0.977 bits per heavy atom. The smallest absolute Gasteiger partial charge is 0.264 e. The standard InChI is InChI=1S/C33H37N3O6S/c1-22-29(19-36-17-5-10-28(36)21-38)41-33(42-32(22)25-14-12-23(20-37)13-15-25)26-7-2-9-27(18-26)35-43(39,40)30-11-3-6-24-8-4-16-34-31(24)30/h2-4,6-9,11-16,18,22,28-29,32-33,35,37-38H,5,10,17,19-21H2,1H3/t22-,28-,29+,32+,33?/m0/s1. The summed E-state index contributed by atoms with van der Waals surface area (Å²) in [5.74, 6) is -0.00304. The first-order valence-corrected chi connectivity index (χ1v) is 16.2. The van der Waals surface area contributed by atoms with Crippen molar-refractivity contribution >= 4 is 26.6 Å². The fourth-order valence-corrected chi connectivity index (χ4v) is 7.38. The first kappa shape index (κ1) is 29.7. The zero-order chi connectivity index (χ0) is 30.0. The van der Waals surface area contributed by atoms with Crippen molar-refractivity contribution in [3.05, 3.63) is 102 Å². The molecule has 0 radical (unpaired) electrons. The van der Waals surface area contributed by atoms with E-state index in [2.05, 4.69) is 21.5 Å². The molecule has 0 amide bonds. The molecule has 2 saturated heterocycles. The molecule has 2 aliphatic rings. The number of aliphatic hydroxyl groups is 2. The average Bonchev–Trinajstić information content (AvgIpc) is 3.49. The number of aliphatic hydroxyl groups excluding tert-OH is 2. The van der Waals surface area contributed by atoms with E-state index in [1.54, 1.807) is 42.6 Å². The number of ether oxygens (including phenoxy) is 2. The fraction of sp³-hybridized carbons (Fsp3) is 0.364. The van der Waals surface area contributed by atoms with Crippen molar-refractivity contribution in [2.45, 2.75) is 55.8 Å². The van der Waals surface area contributed by atoms with Gasteiger partial charge in [0.25, 0.3) is 10.0 Å². The van der Waals surface area contributed by atoms with Crippen molar-refractivity contribution in [3.63, 3.8) is 0 Å². The number of hydrogen-bond acceptors (Lipinski definition) is 8. The van der Waals surface area contributed by atoms with E-state index in [-0.39, 0.29) is 42.3 Å². The summed E-state index contributed by atoms with van der Waals surface area (Å²) in [5.41, 5.74) is 3.27. The third-order valence-corrected chi connectivity index (χ3v) is 9.96. The summed E-state index contributed by atoms with van der Waals surface area (Å²) in [6, 6.07) is 23.6. The van der Waals surface area contributed by atoms with E-state index in [0.29, 0.717) is 23.3 Å². The van der Waals surface area contributed by atoms with Crippen LogP contribution >= 0.6 is 0 Å². The van der Waals surface area contributed by atoms with E-state index < -0.39 is 16.3 Å². The van der Waals surface area contributed by atoms with Gasteiger partial charge in [-0.25, -0.2) is 8.42 Å². The van der Waals surface area contributed by atoms with Crippen LogP contribution in [0.5, 0.6) is 0 Å². The molecular formula is C33H37N3O6S. The third kappa shape index (κ3) is 6.31. The normalized spacial score (nSPS) is 24.8. The van der Waals surface area contributed by atoms with Gasteiger partial charge in [-0.05, 0) is 54.8 Å². The highest BCUT2D eigenvalue weighted by atomic mass is 32.2. The molecule has 226 valence electrons. The van der Waals surface area contributed by atoms with E-state index >= 15 is 0 Å². The molecule has 0 saturated carbocycles. The van der Waals surface area contributed by atoms with Gasteiger partial charge in [0.2, 0.25) is 0 Å². The van der Waals surface area contributed by atoms with Crippen LogP contribution in [-0.4, -0.2) is 60.4 Å². The number of rotatable bonds is 9. The quantitative estimate of drug-likeness (QED) is 0.250. The minimum atomic E-state index is -3.94. The first-order chi connectivity index (χ1) is 20.9. The molecule has 4 aromatic rings. The average molecular weight is 604 g/mol. The fourth-order valence-electron chi connectivity index (χ4n) is 6.15. The van der Waals surface area contributed by atoms with Crippen LogP contribution in [0.2, 0.25) is 0 Å². The lowest BCUT2D eigenvalue weighted by Crippen LogP contribution is -2.46. The number of likely N-dealkylation sites (tertiary alicyclic amines) is 1. The number of sulfonamides is 1. The number of benzene rings is 3. The number of nitrogens with zero attached hydrogens (tertiary/aromatic N) is 2. The molecule has 3 aromatic carbocycles. The Labute approximate surface area is 252 Å². The summed E-state index contributed by atoms with van der Waals surface area (Å²) in [5, 5.41) is 20.2. The van der Waals surface area contributed by atoms with Crippen LogP contribution in [0.15, 0.2) is 90.0 Å². The van der Waals surface area contributed by atoms with Crippen molar-refractivity contribution in [3.8, 4) is 0 Å². The molecule has 43 heavy (non-hydrogen) atoms. The van der Waals surface area contributed by atoms with E-state index in [9.17, 15) is 18.6 Å². The minimum Gasteiger partial charge on any atom is -0.395 e. The topological polar surface area (TPSA) is 121 Å².